The second kappa shape index (κ2) is 5.87. The summed E-state index contributed by atoms with van der Waals surface area (Å²) in [4.78, 5) is 1.21. The van der Waals surface area contributed by atoms with Gasteiger partial charge in [-0.2, -0.15) is 0 Å². The molecule has 17 heavy (non-hydrogen) atoms. The summed E-state index contributed by atoms with van der Waals surface area (Å²) in [6.07, 6.45) is 0. The first-order valence-electron chi connectivity index (χ1n) is 5.44. The molecule has 0 amide bonds. The Morgan fingerprint density at radius 1 is 1.24 bits per heavy atom. The Morgan fingerprint density at radius 2 is 2.06 bits per heavy atom. The third kappa shape index (κ3) is 3.23. The van der Waals surface area contributed by atoms with Crippen LogP contribution in [0.15, 0.2) is 36.4 Å². The van der Waals surface area contributed by atoms with Gasteiger partial charge in [0.05, 0.1) is 10.4 Å². The van der Waals surface area contributed by atoms with Gasteiger partial charge in [0.1, 0.15) is 0 Å². The van der Waals surface area contributed by atoms with Crippen LogP contribution in [0.4, 0.5) is 0 Å². The maximum absolute atomic E-state index is 6.03. The van der Waals surface area contributed by atoms with Gasteiger partial charge in [-0.15, -0.1) is 11.3 Å². The Kier molecular flexibility index (Phi) is 4.46. The first-order chi connectivity index (χ1) is 8.20. The third-order valence-corrected chi connectivity index (χ3v) is 4.00. The minimum Gasteiger partial charge on any atom is -0.306 e. The molecule has 1 nitrogen and oxygen atoms in total. The van der Waals surface area contributed by atoms with Crippen molar-refractivity contribution in [3.05, 3.63) is 56.2 Å². The van der Waals surface area contributed by atoms with E-state index in [9.17, 15) is 0 Å². The summed E-state index contributed by atoms with van der Waals surface area (Å²) >= 11 is 13.6. The van der Waals surface area contributed by atoms with E-state index >= 15 is 0 Å². The van der Waals surface area contributed by atoms with E-state index < -0.39 is 0 Å². The Morgan fingerprint density at radius 3 is 2.65 bits per heavy atom. The van der Waals surface area contributed by atoms with E-state index in [0.717, 1.165) is 21.5 Å². The predicted octanol–water partition coefficient (Wildman–Crippen LogP) is 4.75. The average Bonchev–Trinajstić information content (AvgIpc) is 2.72. The molecule has 0 aliphatic rings. The highest BCUT2D eigenvalue weighted by molar-refractivity contribution is 7.16. The zero-order valence-electron chi connectivity index (χ0n) is 9.41. The van der Waals surface area contributed by atoms with E-state index in [1.807, 2.05) is 24.3 Å². The molecule has 0 radical (unpaired) electrons. The van der Waals surface area contributed by atoms with Crippen molar-refractivity contribution in [3.8, 4) is 0 Å². The SMILES string of the molecule is CCNC(c1cccc(Cl)c1)c1ccc(Cl)s1. The summed E-state index contributed by atoms with van der Waals surface area (Å²) in [5, 5.41) is 4.21. The van der Waals surface area contributed by atoms with Crippen molar-refractivity contribution in [1.29, 1.82) is 0 Å². The Hall–Kier alpha value is -0.540. The molecule has 1 aromatic heterocycles. The van der Waals surface area contributed by atoms with Crippen LogP contribution in [-0.4, -0.2) is 6.54 Å². The summed E-state index contributed by atoms with van der Waals surface area (Å²) < 4.78 is 0.810. The minimum atomic E-state index is 0.163. The smallest absolute Gasteiger partial charge is 0.0931 e. The largest absolute Gasteiger partial charge is 0.306 e. The zero-order chi connectivity index (χ0) is 12.3. The van der Waals surface area contributed by atoms with Crippen molar-refractivity contribution in [2.45, 2.75) is 13.0 Å². The van der Waals surface area contributed by atoms with Crippen LogP contribution >= 0.6 is 34.5 Å². The standard InChI is InChI=1S/C13H13Cl2NS/c1-2-16-13(11-6-7-12(15)17-11)9-4-3-5-10(14)8-9/h3-8,13,16H,2H2,1H3. The van der Waals surface area contributed by atoms with Crippen LogP contribution in [0.1, 0.15) is 23.4 Å². The lowest BCUT2D eigenvalue weighted by Gasteiger charge is -2.17. The minimum absolute atomic E-state index is 0.163. The van der Waals surface area contributed by atoms with Crippen molar-refractivity contribution in [2.75, 3.05) is 6.54 Å². The third-order valence-electron chi connectivity index (χ3n) is 2.47. The van der Waals surface area contributed by atoms with Gasteiger partial charge in [0.2, 0.25) is 0 Å². The van der Waals surface area contributed by atoms with Crippen molar-refractivity contribution in [2.24, 2.45) is 0 Å². The number of hydrogen-bond acceptors (Lipinski definition) is 2. The summed E-state index contributed by atoms with van der Waals surface area (Å²) in [6.45, 7) is 2.99. The highest BCUT2D eigenvalue weighted by atomic mass is 35.5. The number of hydrogen-bond donors (Lipinski definition) is 1. The molecule has 0 saturated heterocycles. The fraction of sp³-hybridized carbons (Fsp3) is 0.231. The second-order valence-electron chi connectivity index (χ2n) is 3.69. The first-order valence-corrected chi connectivity index (χ1v) is 7.02. The molecule has 90 valence electrons. The highest BCUT2D eigenvalue weighted by Gasteiger charge is 2.15. The van der Waals surface area contributed by atoms with Crippen LogP contribution in [0.3, 0.4) is 0 Å². The van der Waals surface area contributed by atoms with Crippen LogP contribution in [0, 0.1) is 0 Å². The molecule has 1 heterocycles. The molecule has 0 aliphatic heterocycles. The van der Waals surface area contributed by atoms with Gasteiger partial charge in [0, 0.05) is 9.90 Å². The molecule has 0 spiro atoms. The molecule has 2 rings (SSSR count). The zero-order valence-corrected chi connectivity index (χ0v) is 11.7. The van der Waals surface area contributed by atoms with Crippen molar-refractivity contribution in [3.63, 3.8) is 0 Å². The lowest BCUT2D eigenvalue weighted by molar-refractivity contribution is 0.640. The van der Waals surface area contributed by atoms with Crippen LogP contribution < -0.4 is 5.32 Å². The van der Waals surface area contributed by atoms with Gasteiger partial charge < -0.3 is 5.32 Å². The van der Waals surface area contributed by atoms with E-state index in [1.165, 1.54) is 4.88 Å². The molecule has 0 saturated carbocycles. The van der Waals surface area contributed by atoms with E-state index in [2.05, 4.69) is 24.4 Å². The predicted molar refractivity (Wildman–Crippen MR) is 76.3 cm³/mol. The summed E-state index contributed by atoms with van der Waals surface area (Å²) in [6, 6.07) is 12.1. The summed E-state index contributed by atoms with van der Waals surface area (Å²) in [7, 11) is 0. The first kappa shape index (κ1) is 12.9. The summed E-state index contributed by atoms with van der Waals surface area (Å²) in [5.74, 6) is 0. The van der Waals surface area contributed by atoms with Crippen molar-refractivity contribution < 1.29 is 0 Å². The monoisotopic (exact) mass is 285 g/mol. The topological polar surface area (TPSA) is 12.0 Å². The van der Waals surface area contributed by atoms with E-state index in [-0.39, 0.29) is 6.04 Å². The molecule has 4 heteroatoms. The maximum atomic E-state index is 6.03. The second-order valence-corrected chi connectivity index (χ2v) is 5.87. The molecule has 1 N–H and O–H groups in total. The van der Waals surface area contributed by atoms with Gasteiger partial charge in [-0.05, 0) is 36.4 Å². The molecular formula is C13H13Cl2NS. The molecule has 2 aromatic rings. The molecule has 1 unspecified atom stereocenters. The summed E-state index contributed by atoms with van der Waals surface area (Å²) in [5.41, 5.74) is 1.16. The van der Waals surface area contributed by atoms with Gasteiger partial charge in [-0.25, -0.2) is 0 Å². The van der Waals surface area contributed by atoms with E-state index in [0.29, 0.717) is 0 Å². The van der Waals surface area contributed by atoms with Crippen LogP contribution in [-0.2, 0) is 0 Å². The van der Waals surface area contributed by atoms with Gasteiger partial charge >= 0.3 is 0 Å². The molecule has 0 fully saturated rings. The van der Waals surface area contributed by atoms with Crippen LogP contribution in [0.2, 0.25) is 9.36 Å². The Bertz CT molecular complexity index is 496. The fourth-order valence-corrected chi connectivity index (χ4v) is 3.12. The Balaban J connectivity index is 2.35. The molecule has 1 atom stereocenters. The van der Waals surface area contributed by atoms with Crippen molar-refractivity contribution >= 4 is 34.5 Å². The number of benzene rings is 1. The number of halogens is 2. The lowest BCUT2D eigenvalue weighted by atomic mass is 10.1. The fourth-order valence-electron chi connectivity index (χ4n) is 1.76. The maximum Gasteiger partial charge on any atom is 0.0931 e. The molecule has 1 aromatic carbocycles. The Labute approximate surface area is 115 Å². The van der Waals surface area contributed by atoms with Gasteiger partial charge in [-0.1, -0.05) is 42.3 Å². The van der Waals surface area contributed by atoms with Crippen LogP contribution in [0.25, 0.3) is 0 Å². The van der Waals surface area contributed by atoms with Gasteiger partial charge in [0.15, 0.2) is 0 Å². The molecular weight excluding hydrogens is 273 g/mol. The van der Waals surface area contributed by atoms with E-state index in [1.54, 1.807) is 11.3 Å². The van der Waals surface area contributed by atoms with Gasteiger partial charge in [0.25, 0.3) is 0 Å². The number of thiophene rings is 1. The highest BCUT2D eigenvalue weighted by Crippen LogP contribution is 2.31. The normalized spacial score (nSPS) is 12.6. The van der Waals surface area contributed by atoms with Crippen LogP contribution in [0.5, 0.6) is 0 Å². The van der Waals surface area contributed by atoms with Crippen molar-refractivity contribution in [1.82, 2.24) is 5.32 Å². The average molecular weight is 286 g/mol. The number of rotatable bonds is 4. The molecule has 0 aliphatic carbocycles. The number of nitrogens with one attached hydrogen (secondary N) is 1. The van der Waals surface area contributed by atoms with Gasteiger partial charge in [-0.3, -0.25) is 0 Å². The quantitative estimate of drug-likeness (QED) is 0.855. The lowest BCUT2D eigenvalue weighted by Crippen LogP contribution is -2.20. The molecule has 0 bridgehead atoms. The van der Waals surface area contributed by atoms with E-state index in [4.69, 9.17) is 23.2 Å².